The molecule has 1 unspecified atom stereocenters. The highest BCUT2D eigenvalue weighted by atomic mass is 19.1. The van der Waals surface area contributed by atoms with Crippen LogP contribution in [-0.4, -0.2) is 28.8 Å². The molecule has 1 amide bonds. The van der Waals surface area contributed by atoms with E-state index >= 15 is 0 Å². The Morgan fingerprint density at radius 1 is 1.29 bits per heavy atom. The van der Waals surface area contributed by atoms with Crippen LogP contribution in [0, 0.1) is 12.9 Å². The first kappa shape index (κ1) is 16.1. The molecule has 1 aromatic heterocycles. The van der Waals surface area contributed by atoms with Crippen molar-refractivity contribution in [1.82, 2.24) is 9.88 Å². The van der Waals surface area contributed by atoms with Gasteiger partial charge in [0, 0.05) is 24.4 Å². The molecule has 1 aliphatic heterocycles. The van der Waals surface area contributed by atoms with E-state index in [0.717, 1.165) is 16.7 Å². The first-order chi connectivity index (χ1) is 11.3. The second-order valence-electron chi connectivity index (χ2n) is 6.29. The Morgan fingerprint density at radius 2 is 2.04 bits per heavy atom. The van der Waals surface area contributed by atoms with Crippen LogP contribution >= 0.6 is 0 Å². The number of carbonyl (C=O) groups excluding carboxylic acids is 1. The number of nitrogens with two attached hydrogens (primary N) is 1. The van der Waals surface area contributed by atoms with Crippen molar-refractivity contribution in [1.29, 1.82) is 0 Å². The van der Waals surface area contributed by atoms with E-state index in [2.05, 4.69) is 9.98 Å². The van der Waals surface area contributed by atoms with Gasteiger partial charge in [-0.05, 0) is 37.1 Å². The molecule has 1 atom stereocenters. The SMILES string of the molecule is Cc1cc(-c2cccc(C3(C)CC(=O)N(C)C(N)=N3)c2)cnc1F. The van der Waals surface area contributed by atoms with Gasteiger partial charge < -0.3 is 5.73 Å². The van der Waals surface area contributed by atoms with Crippen LogP contribution in [0.5, 0.6) is 0 Å². The van der Waals surface area contributed by atoms with Crippen LogP contribution in [0.4, 0.5) is 4.39 Å². The van der Waals surface area contributed by atoms with Gasteiger partial charge in [-0.2, -0.15) is 4.39 Å². The number of aromatic nitrogens is 1. The van der Waals surface area contributed by atoms with Crippen molar-refractivity contribution in [3.05, 3.63) is 53.6 Å². The summed E-state index contributed by atoms with van der Waals surface area (Å²) < 4.78 is 13.4. The summed E-state index contributed by atoms with van der Waals surface area (Å²) in [6, 6.07) is 9.43. The molecule has 2 aromatic rings. The third-order valence-corrected chi connectivity index (χ3v) is 4.41. The van der Waals surface area contributed by atoms with E-state index in [1.54, 1.807) is 20.0 Å². The average molecular weight is 326 g/mol. The van der Waals surface area contributed by atoms with E-state index in [1.807, 2.05) is 31.2 Å². The Hall–Kier alpha value is -2.76. The molecular formula is C18H19FN4O. The summed E-state index contributed by atoms with van der Waals surface area (Å²) in [5.74, 6) is -0.340. The molecule has 3 rings (SSSR count). The number of hydrogen-bond donors (Lipinski definition) is 1. The highest BCUT2D eigenvalue weighted by molar-refractivity contribution is 5.98. The van der Waals surface area contributed by atoms with Crippen LogP contribution < -0.4 is 5.73 Å². The largest absolute Gasteiger partial charge is 0.369 e. The topological polar surface area (TPSA) is 71.6 Å². The molecule has 0 bridgehead atoms. The van der Waals surface area contributed by atoms with Crippen LogP contribution in [0.25, 0.3) is 11.1 Å². The second kappa shape index (κ2) is 5.70. The molecule has 2 N–H and O–H groups in total. The number of pyridine rings is 1. The Bertz CT molecular complexity index is 849. The summed E-state index contributed by atoms with van der Waals surface area (Å²) in [5.41, 5.74) is 8.23. The first-order valence-corrected chi connectivity index (χ1v) is 7.65. The lowest BCUT2D eigenvalue weighted by Gasteiger charge is -2.33. The van der Waals surface area contributed by atoms with Crippen molar-refractivity contribution in [3.8, 4) is 11.1 Å². The lowest BCUT2D eigenvalue weighted by molar-refractivity contribution is -0.128. The molecule has 1 aromatic carbocycles. The molecule has 0 saturated carbocycles. The van der Waals surface area contributed by atoms with Crippen LogP contribution in [0.15, 0.2) is 41.5 Å². The number of rotatable bonds is 2. The summed E-state index contributed by atoms with van der Waals surface area (Å²) in [7, 11) is 1.62. The van der Waals surface area contributed by atoms with E-state index in [-0.39, 0.29) is 18.3 Å². The molecular weight excluding hydrogens is 307 g/mol. The minimum atomic E-state index is -0.716. The van der Waals surface area contributed by atoms with Gasteiger partial charge in [0.25, 0.3) is 0 Å². The standard InChI is InChI=1S/C18H19FN4O/c1-11-7-13(10-21-16(11)19)12-5-4-6-14(8-12)18(2)9-15(24)23(3)17(20)22-18/h4-8,10H,9H2,1-3H3,(H2,20,22). The van der Waals surface area contributed by atoms with Crippen LogP contribution in [-0.2, 0) is 10.3 Å². The molecule has 24 heavy (non-hydrogen) atoms. The maximum absolute atomic E-state index is 13.4. The Morgan fingerprint density at radius 3 is 2.71 bits per heavy atom. The molecule has 0 saturated heterocycles. The Kier molecular flexibility index (Phi) is 3.83. The van der Waals surface area contributed by atoms with Crippen molar-refractivity contribution in [3.63, 3.8) is 0 Å². The van der Waals surface area contributed by atoms with Gasteiger partial charge in [-0.25, -0.2) is 9.98 Å². The molecule has 6 heteroatoms. The van der Waals surface area contributed by atoms with Gasteiger partial charge in [-0.15, -0.1) is 0 Å². The molecule has 0 spiro atoms. The summed E-state index contributed by atoms with van der Waals surface area (Å²) in [6.07, 6.45) is 1.75. The van der Waals surface area contributed by atoms with Crippen molar-refractivity contribution in [2.24, 2.45) is 10.7 Å². The number of carbonyl (C=O) groups is 1. The molecule has 5 nitrogen and oxygen atoms in total. The molecule has 2 heterocycles. The van der Waals surface area contributed by atoms with Crippen LogP contribution in [0.1, 0.15) is 24.5 Å². The second-order valence-corrected chi connectivity index (χ2v) is 6.29. The fourth-order valence-corrected chi connectivity index (χ4v) is 2.82. The number of amides is 1. The minimum absolute atomic E-state index is 0.0744. The predicted molar refractivity (Wildman–Crippen MR) is 90.7 cm³/mol. The van der Waals surface area contributed by atoms with E-state index in [0.29, 0.717) is 5.56 Å². The van der Waals surface area contributed by atoms with Crippen molar-refractivity contribution in [2.75, 3.05) is 7.05 Å². The van der Waals surface area contributed by atoms with Crippen LogP contribution in [0.3, 0.4) is 0 Å². The number of aryl methyl sites for hydroxylation is 1. The predicted octanol–water partition coefficient (Wildman–Crippen LogP) is 2.59. The maximum Gasteiger partial charge on any atom is 0.231 e. The Labute approximate surface area is 140 Å². The number of benzene rings is 1. The van der Waals surface area contributed by atoms with E-state index in [1.165, 1.54) is 11.1 Å². The smallest absolute Gasteiger partial charge is 0.231 e. The van der Waals surface area contributed by atoms with Crippen molar-refractivity contribution in [2.45, 2.75) is 25.8 Å². The van der Waals surface area contributed by atoms with Gasteiger partial charge in [0.2, 0.25) is 11.9 Å². The summed E-state index contributed by atoms with van der Waals surface area (Å²) in [6.45, 7) is 3.57. The van der Waals surface area contributed by atoms with E-state index in [9.17, 15) is 9.18 Å². The van der Waals surface area contributed by atoms with Crippen LogP contribution in [0.2, 0.25) is 0 Å². The van der Waals surface area contributed by atoms with Gasteiger partial charge in [-0.3, -0.25) is 9.69 Å². The summed E-state index contributed by atoms with van der Waals surface area (Å²) >= 11 is 0. The maximum atomic E-state index is 13.4. The van der Waals surface area contributed by atoms with Gasteiger partial charge in [0.15, 0.2) is 5.96 Å². The zero-order valence-corrected chi connectivity index (χ0v) is 13.9. The quantitative estimate of drug-likeness (QED) is 0.862. The number of aliphatic imine (C=N–C) groups is 1. The first-order valence-electron chi connectivity index (χ1n) is 7.65. The summed E-state index contributed by atoms with van der Waals surface area (Å²) in [4.78, 5) is 21.8. The highest BCUT2D eigenvalue weighted by Crippen LogP contribution is 2.35. The van der Waals surface area contributed by atoms with Crippen molar-refractivity contribution >= 4 is 11.9 Å². The molecule has 0 fully saturated rings. The number of halogens is 1. The third kappa shape index (κ3) is 2.75. The summed E-state index contributed by atoms with van der Waals surface area (Å²) in [5, 5.41) is 0. The molecule has 1 aliphatic rings. The number of nitrogens with zero attached hydrogens (tertiary/aromatic N) is 3. The monoisotopic (exact) mass is 326 g/mol. The molecule has 0 aliphatic carbocycles. The van der Waals surface area contributed by atoms with Gasteiger partial charge in [0.05, 0.1) is 12.0 Å². The number of hydrogen-bond acceptors (Lipinski definition) is 4. The molecule has 0 radical (unpaired) electrons. The average Bonchev–Trinajstić information content (AvgIpc) is 2.55. The number of guanidine groups is 1. The lowest BCUT2D eigenvalue weighted by atomic mass is 9.86. The zero-order valence-electron chi connectivity index (χ0n) is 13.9. The van der Waals surface area contributed by atoms with Gasteiger partial charge >= 0.3 is 0 Å². The van der Waals surface area contributed by atoms with Gasteiger partial charge in [-0.1, -0.05) is 18.2 Å². The van der Waals surface area contributed by atoms with E-state index < -0.39 is 11.5 Å². The molecule has 124 valence electrons. The van der Waals surface area contributed by atoms with Crippen molar-refractivity contribution < 1.29 is 9.18 Å². The Balaban J connectivity index is 2.05. The zero-order chi connectivity index (χ0) is 17.5. The lowest BCUT2D eigenvalue weighted by Crippen LogP contribution is -2.47. The van der Waals surface area contributed by atoms with Gasteiger partial charge in [0.1, 0.15) is 0 Å². The fourth-order valence-electron chi connectivity index (χ4n) is 2.82. The highest BCUT2D eigenvalue weighted by Gasteiger charge is 2.36. The normalized spacial score (nSPS) is 20.9. The third-order valence-electron chi connectivity index (χ3n) is 4.41. The minimum Gasteiger partial charge on any atom is -0.369 e. The van der Waals surface area contributed by atoms with E-state index in [4.69, 9.17) is 5.73 Å². The fraction of sp³-hybridized carbons (Fsp3) is 0.278.